The normalized spacial score (nSPS) is 10.3. The topological polar surface area (TPSA) is 47.3 Å². The molecule has 0 fully saturated rings. The van der Waals surface area contributed by atoms with Gasteiger partial charge in [-0.15, -0.1) is 0 Å². The van der Waals surface area contributed by atoms with Crippen molar-refractivity contribution in [1.29, 1.82) is 0 Å². The average Bonchev–Trinajstić information content (AvgIpc) is 2.43. The van der Waals surface area contributed by atoms with Crippen molar-refractivity contribution in [2.24, 2.45) is 0 Å². The fourth-order valence-electron chi connectivity index (χ4n) is 1.88. The minimum atomic E-state index is 0.639. The lowest BCUT2D eigenvalue weighted by atomic mass is 10.2. The molecule has 3 N–H and O–H groups in total. The molecule has 0 aliphatic rings. The van der Waals surface area contributed by atoms with Gasteiger partial charge in [0, 0.05) is 11.8 Å². The van der Waals surface area contributed by atoms with Crippen molar-refractivity contribution in [3.63, 3.8) is 0 Å². The van der Waals surface area contributed by atoms with Crippen LogP contribution in [0.5, 0.6) is 5.75 Å². The number of aryl methyl sites for hydroxylation is 1. The summed E-state index contributed by atoms with van der Waals surface area (Å²) >= 11 is 6.22. The molecule has 0 atom stereocenters. The first kappa shape index (κ1) is 14.5. The van der Waals surface area contributed by atoms with Crippen molar-refractivity contribution in [2.45, 2.75) is 20.3 Å². The average molecular weight is 291 g/mol. The van der Waals surface area contributed by atoms with Gasteiger partial charge in [0.05, 0.1) is 23.0 Å². The van der Waals surface area contributed by atoms with Crippen LogP contribution in [0, 0.1) is 6.92 Å². The maximum absolute atomic E-state index is 6.22. The Morgan fingerprint density at radius 3 is 2.75 bits per heavy atom. The number of ether oxygens (including phenoxy) is 1. The lowest BCUT2D eigenvalue weighted by Gasteiger charge is -2.14. The summed E-state index contributed by atoms with van der Waals surface area (Å²) in [5.41, 5.74) is 9.44. The number of hydrogen-bond acceptors (Lipinski definition) is 3. The quantitative estimate of drug-likeness (QED) is 0.780. The Kier molecular flexibility index (Phi) is 4.74. The predicted molar refractivity (Wildman–Crippen MR) is 86.1 cm³/mol. The molecule has 0 saturated carbocycles. The zero-order valence-corrected chi connectivity index (χ0v) is 12.5. The van der Waals surface area contributed by atoms with Gasteiger partial charge in [-0.05, 0) is 37.1 Å². The van der Waals surface area contributed by atoms with Crippen LogP contribution >= 0.6 is 11.6 Å². The third-order valence-electron chi connectivity index (χ3n) is 2.97. The van der Waals surface area contributed by atoms with Gasteiger partial charge in [0.15, 0.2) is 0 Å². The zero-order valence-electron chi connectivity index (χ0n) is 11.7. The fourth-order valence-corrected chi connectivity index (χ4v) is 2.15. The van der Waals surface area contributed by atoms with Crippen molar-refractivity contribution in [2.75, 3.05) is 17.7 Å². The van der Waals surface area contributed by atoms with Crippen LogP contribution in [0.2, 0.25) is 5.02 Å². The van der Waals surface area contributed by atoms with Crippen LogP contribution in [-0.4, -0.2) is 6.61 Å². The molecule has 2 aromatic carbocycles. The van der Waals surface area contributed by atoms with Crippen LogP contribution in [0.25, 0.3) is 0 Å². The van der Waals surface area contributed by atoms with E-state index < -0.39 is 0 Å². The second-order valence-electron chi connectivity index (χ2n) is 4.66. The molecule has 2 rings (SSSR count). The summed E-state index contributed by atoms with van der Waals surface area (Å²) in [5, 5.41) is 4.01. The molecular weight excluding hydrogens is 272 g/mol. The third-order valence-corrected chi connectivity index (χ3v) is 3.28. The molecule has 0 amide bonds. The van der Waals surface area contributed by atoms with E-state index in [1.165, 1.54) is 0 Å². The van der Waals surface area contributed by atoms with E-state index in [1.54, 1.807) is 0 Å². The van der Waals surface area contributed by atoms with Crippen LogP contribution < -0.4 is 15.8 Å². The molecule has 0 aliphatic carbocycles. The van der Waals surface area contributed by atoms with E-state index in [0.29, 0.717) is 23.1 Å². The second-order valence-corrected chi connectivity index (χ2v) is 5.07. The molecule has 0 radical (unpaired) electrons. The third kappa shape index (κ3) is 3.36. The lowest BCUT2D eigenvalue weighted by Crippen LogP contribution is -2.00. The molecule has 4 heteroatoms. The van der Waals surface area contributed by atoms with Gasteiger partial charge in [-0.25, -0.2) is 0 Å². The molecule has 20 heavy (non-hydrogen) atoms. The van der Waals surface area contributed by atoms with Gasteiger partial charge in [0.2, 0.25) is 0 Å². The maximum atomic E-state index is 6.22. The number of hydrogen-bond donors (Lipinski definition) is 2. The summed E-state index contributed by atoms with van der Waals surface area (Å²) in [5.74, 6) is 0.696. The van der Waals surface area contributed by atoms with E-state index in [1.807, 2.05) is 43.3 Å². The Morgan fingerprint density at radius 2 is 2.05 bits per heavy atom. The Hall–Kier alpha value is -1.87. The summed E-state index contributed by atoms with van der Waals surface area (Å²) in [6.07, 6.45) is 0.945. The molecule has 0 aliphatic heterocycles. The first-order valence-electron chi connectivity index (χ1n) is 6.66. The summed E-state index contributed by atoms with van der Waals surface area (Å²) in [6.45, 7) is 4.73. The lowest BCUT2D eigenvalue weighted by molar-refractivity contribution is 0.319. The van der Waals surface area contributed by atoms with Gasteiger partial charge in [0.1, 0.15) is 5.75 Å². The number of nitrogens with one attached hydrogen (secondary N) is 1. The molecule has 106 valence electrons. The first-order valence-corrected chi connectivity index (χ1v) is 7.04. The molecule has 0 spiro atoms. The highest BCUT2D eigenvalue weighted by atomic mass is 35.5. The molecule has 0 heterocycles. The van der Waals surface area contributed by atoms with Gasteiger partial charge >= 0.3 is 0 Å². The maximum Gasteiger partial charge on any atom is 0.144 e. The van der Waals surface area contributed by atoms with Gasteiger partial charge in [-0.2, -0.15) is 0 Å². The van der Waals surface area contributed by atoms with Gasteiger partial charge in [0.25, 0.3) is 0 Å². The molecule has 0 unspecified atom stereocenters. The Bertz CT molecular complexity index is 579. The molecule has 0 bridgehead atoms. The van der Waals surface area contributed by atoms with E-state index in [-0.39, 0.29) is 0 Å². The van der Waals surface area contributed by atoms with Crippen LogP contribution in [0.15, 0.2) is 36.4 Å². The van der Waals surface area contributed by atoms with Gasteiger partial charge in [-0.1, -0.05) is 30.7 Å². The highest BCUT2D eigenvalue weighted by molar-refractivity contribution is 6.33. The largest absolute Gasteiger partial charge is 0.491 e. The molecule has 0 saturated heterocycles. The number of anilines is 3. The van der Waals surface area contributed by atoms with Crippen LogP contribution in [-0.2, 0) is 0 Å². The number of para-hydroxylation sites is 1. The van der Waals surface area contributed by atoms with Gasteiger partial charge < -0.3 is 15.8 Å². The number of halogens is 1. The van der Waals surface area contributed by atoms with Crippen molar-refractivity contribution in [3.05, 3.63) is 47.0 Å². The standard InChI is InChI=1S/C16H19ClN2O/c1-3-9-20-15-10-12(7-8-14(15)18)19-16-11(2)5-4-6-13(16)17/h4-8,10,19H,3,9,18H2,1-2H3. The van der Waals surface area contributed by atoms with Crippen LogP contribution in [0.3, 0.4) is 0 Å². The summed E-state index contributed by atoms with van der Waals surface area (Å²) < 4.78 is 5.63. The SMILES string of the molecule is CCCOc1cc(Nc2c(C)cccc2Cl)ccc1N. The fraction of sp³-hybridized carbons (Fsp3) is 0.250. The zero-order chi connectivity index (χ0) is 14.5. The first-order chi connectivity index (χ1) is 9.61. The predicted octanol–water partition coefficient (Wildman–Crippen LogP) is 4.76. The second kappa shape index (κ2) is 6.53. The highest BCUT2D eigenvalue weighted by Gasteiger charge is 2.06. The van der Waals surface area contributed by atoms with E-state index in [4.69, 9.17) is 22.1 Å². The van der Waals surface area contributed by atoms with Crippen LogP contribution in [0.4, 0.5) is 17.1 Å². The van der Waals surface area contributed by atoms with E-state index in [9.17, 15) is 0 Å². The highest BCUT2D eigenvalue weighted by Crippen LogP contribution is 2.32. The van der Waals surface area contributed by atoms with E-state index in [2.05, 4.69) is 12.2 Å². The minimum absolute atomic E-state index is 0.639. The molecule has 0 aromatic heterocycles. The number of nitrogens with two attached hydrogens (primary N) is 1. The Labute approximate surface area is 124 Å². The number of rotatable bonds is 5. The molecule has 2 aromatic rings. The molecule has 3 nitrogen and oxygen atoms in total. The molecular formula is C16H19ClN2O. The monoisotopic (exact) mass is 290 g/mol. The van der Waals surface area contributed by atoms with Crippen molar-refractivity contribution in [3.8, 4) is 5.75 Å². The summed E-state index contributed by atoms with van der Waals surface area (Å²) in [7, 11) is 0. The van der Waals surface area contributed by atoms with E-state index >= 15 is 0 Å². The van der Waals surface area contributed by atoms with Crippen LogP contribution in [0.1, 0.15) is 18.9 Å². The summed E-state index contributed by atoms with van der Waals surface area (Å²) in [4.78, 5) is 0. The van der Waals surface area contributed by atoms with Crippen molar-refractivity contribution < 1.29 is 4.74 Å². The van der Waals surface area contributed by atoms with Crippen molar-refractivity contribution >= 4 is 28.7 Å². The smallest absolute Gasteiger partial charge is 0.144 e. The number of nitrogen functional groups attached to an aromatic ring is 1. The van der Waals surface area contributed by atoms with Gasteiger partial charge in [-0.3, -0.25) is 0 Å². The number of benzene rings is 2. The Morgan fingerprint density at radius 1 is 1.25 bits per heavy atom. The summed E-state index contributed by atoms with van der Waals surface area (Å²) in [6, 6.07) is 11.5. The van der Waals surface area contributed by atoms with E-state index in [0.717, 1.165) is 23.4 Å². The van der Waals surface area contributed by atoms with Crippen molar-refractivity contribution in [1.82, 2.24) is 0 Å². The minimum Gasteiger partial charge on any atom is -0.491 e. The Balaban J connectivity index is 2.25.